The van der Waals surface area contributed by atoms with E-state index in [2.05, 4.69) is 65.2 Å². The Balaban J connectivity index is 1.61. The molecule has 0 bridgehead atoms. The van der Waals surface area contributed by atoms with Gasteiger partial charge in [0.2, 0.25) is 0 Å². The number of anilines is 1. The SMILES string of the molecule is CCCCOc1nc(N)c2cc(C#N)n(Cc3ccc(CN4C[C@@H](C)N[C@@H](C)C4)cc3OC)c2n1. The van der Waals surface area contributed by atoms with Crippen molar-refractivity contribution in [1.82, 2.24) is 24.8 Å². The van der Waals surface area contributed by atoms with Gasteiger partial charge >= 0.3 is 6.01 Å². The highest BCUT2D eigenvalue weighted by molar-refractivity contribution is 5.88. The summed E-state index contributed by atoms with van der Waals surface area (Å²) in [6.07, 6.45) is 1.91. The number of nitrogens with one attached hydrogen (secondary N) is 1. The number of unbranched alkanes of at least 4 members (excludes halogenated alkanes) is 1. The molecule has 35 heavy (non-hydrogen) atoms. The summed E-state index contributed by atoms with van der Waals surface area (Å²) in [5.74, 6) is 1.09. The van der Waals surface area contributed by atoms with Crippen LogP contribution in [0.2, 0.25) is 0 Å². The fourth-order valence-corrected chi connectivity index (χ4v) is 4.77. The second-order valence-corrected chi connectivity index (χ2v) is 9.37. The molecule has 0 spiro atoms. The van der Waals surface area contributed by atoms with Crippen LogP contribution in [0.25, 0.3) is 11.0 Å². The van der Waals surface area contributed by atoms with Gasteiger partial charge in [0, 0.05) is 37.3 Å². The van der Waals surface area contributed by atoms with E-state index in [1.807, 2.05) is 4.57 Å². The van der Waals surface area contributed by atoms with E-state index in [0.717, 1.165) is 43.8 Å². The summed E-state index contributed by atoms with van der Waals surface area (Å²) >= 11 is 0. The second-order valence-electron chi connectivity index (χ2n) is 9.37. The third-order valence-corrected chi connectivity index (χ3v) is 6.32. The summed E-state index contributed by atoms with van der Waals surface area (Å²) in [6, 6.07) is 11.5. The zero-order valence-electron chi connectivity index (χ0n) is 21.0. The van der Waals surface area contributed by atoms with Crippen LogP contribution in [0.15, 0.2) is 24.3 Å². The quantitative estimate of drug-likeness (QED) is 0.451. The van der Waals surface area contributed by atoms with Crippen molar-refractivity contribution in [2.45, 2.75) is 58.8 Å². The summed E-state index contributed by atoms with van der Waals surface area (Å²) in [5, 5.41) is 14.0. The fraction of sp³-hybridized carbons (Fsp3) is 0.500. The first-order valence-corrected chi connectivity index (χ1v) is 12.3. The fourth-order valence-electron chi connectivity index (χ4n) is 4.77. The van der Waals surface area contributed by atoms with Crippen LogP contribution in [0.1, 0.15) is 50.4 Å². The summed E-state index contributed by atoms with van der Waals surface area (Å²) in [7, 11) is 1.68. The van der Waals surface area contributed by atoms with Crippen molar-refractivity contribution in [3.8, 4) is 17.8 Å². The Morgan fingerprint density at radius 2 is 1.94 bits per heavy atom. The summed E-state index contributed by atoms with van der Waals surface area (Å²) in [4.78, 5) is 11.3. The molecule has 0 unspecified atom stereocenters. The number of benzene rings is 1. The zero-order valence-corrected chi connectivity index (χ0v) is 21.0. The van der Waals surface area contributed by atoms with Crippen molar-refractivity contribution in [2.75, 3.05) is 32.5 Å². The Hall–Kier alpha value is -3.35. The molecular weight excluding hydrogens is 442 g/mol. The number of nitrogens with two attached hydrogens (primary N) is 1. The maximum Gasteiger partial charge on any atom is 0.320 e. The van der Waals surface area contributed by atoms with Gasteiger partial charge < -0.3 is 25.1 Å². The maximum absolute atomic E-state index is 9.79. The average Bonchev–Trinajstić information content (AvgIpc) is 3.17. The van der Waals surface area contributed by atoms with Gasteiger partial charge in [-0.2, -0.15) is 15.2 Å². The van der Waals surface area contributed by atoms with Gasteiger partial charge in [0.05, 0.1) is 25.6 Å². The lowest BCUT2D eigenvalue weighted by Gasteiger charge is -2.36. The normalized spacial score (nSPS) is 18.5. The van der Waals surface area contributed by atoms with Crippen molar-refractivity contribution < 1.29 is 9.47 Å². The number of rotatable bonds is 9. The number of methoxy groups -OCH3 is 1. The number of piperazine rings is 1. The molecule has 9 heteroatoms. The molecule has 3 N–H and O–H groups in total. The van der Waals surface area contributed by atoms with Crippen LogP contribution >= 0.6 is 0 Å². The van der Waals surface area contributed by atoms with Gasteiger partial charge in [-0.3, -0.25) is 4.90 Å². The standard InChI is InChI=1S/C26H35N7O2/c1-5-6-9-35-26-30-24(28)22-11-21(12-27)33(25(22)31-26)16-20-8-7-19(10-23(20)34-4)15-32-13-17(2)29-18(3)14-32/h7-8,10-11,17-18,29H,5-6,9,13-16H2,1-4H3,(H2,28,30,31)/t17-,18+. The molecule has 9 nitrogen and oxygen atoms in total. The van der Waals surface area contributed by atoms with Crippen LogP contribution in [-0.2, 0) is 13.1 Å². The molecule has 3 aromatic rings. The van der Waals surface area contributed by atoms with Crippen molar-refractivity contribution in [3.63, 3.8) is 0 Å². The lowest BCUT2D eigenvalue weighted by Crippen LogP contribution is -2.53. The van der Waals surface area contributed by atoms with E-state index in [4.69, 9.17) is 15.2 Å². The van der Waals surface area contributed by atoms with E-state index in [1.165, 1.54) is 5.56 Å². The van der Waals surface area contributed by atoms with Crippen LogP contribution < -0.4 is 20.5 Å². The molecule has 2 aromatic heterocycles. The first kappa shape index (κ1) is 24.8. The number of ether oxygens (including phenoxy) is 2. The predicted molar refractivity (Wildman–Crippen MR) is 136 cm³/mol. The highest BCUT2D eigenvalue weighted by Gasteiger charge is 2.22. The third-order valence-electron chi connectivity index (χ3n) is 6.32. The van der Waals surface area contributed by atoms with Gasteiger partial charge in [-0.05, 0) is 38.0 Å². The minimum Gasteiger partial charge on any atom is -0.496 e. The van der Waals surface area contributed by atoms with Crippen molar-refractivity contribution in [3.05, 3.63) is 41.1 Å². The van der Waals surface area contributed by atoms with Crippen LogP contribution in [0.4, 0.5) is 5.82 Å². The second kappa shape index (κ2) is 10.9. The number of fused-ring (bicyclic) bond motifs is 1. The Bertz CT molecular complexity index is 1210. The molecule has 3 heterocycles. The Labute approximate surface area is 206 Å². The molecule has 0 radical (unpaired) electrons. The molecule has 0 saturated carbocycles. The molecule has 4 rings (SSSR count). The van der Waals surface area contributed by atoms with Gasteiger partial charge in [-0.1, -0.05) is 25.5 Å². The smallest absolute Gasteiger partial charge is 0.320 e. The van der Waals surface area contributed by atoms with Gasteiger partial charge in [-0.15, -0.1) is 0 Å². The minimum atomic E-state index is 0.231. The molecule has 0 amide bonds. The lowest BCUT2D eigenvalue weighted by molar-refractivity contribution is 0.166. The zero-order chi connectivity index (χ0) is 24.9. The number of hydrogen-bond acceptors (Lipinski definition) is 8. The van der Waals surface area contributed by atoms with Crippen LogP contribution in [0, 0.1) is 11.3 Å². The molecule has 186 valence electrons. The van der Waals surface area contributed by atoms with E-state index >= 15 is 0 Å². The Morgan fingerprint density at radius 3 is 2.63 bits per heavy atom. The predicted octanol–water partition coefficient (Wildman–Crippen LogP) is 3.30. The number of aromatic nitrogens is 3. The van der Waals surface area contributed by atoms with E-state index in [-0.39, 0.29) is 6.01 Å². The number of nitrogen functional groups attached to an aromatic ring is 1. The van der Waals surface area contributed by atoms with Crippen LogP contribution in [0.3, 0.4) is 0 Å². The summed E-state index contributed by atoms with van der Waals surface area (Å²) in [5.41, 5.74) is 9.38. The Kier molecular flexibility index (Phi) is 7.73. The van der Waals surface area contributed by atoms with E-state index in [9.17, 15) is 5.26 Å². The van der Waals surface area contributed by atoms with Crippen molar-refractivity contribution >= 4 is 16.9 Å². The van der Waals surface area contributed by atoms with Crippen molar-refractivity contribution in [1.29, 1.82) is 5.26 Å². The largest absolute Gasteiger partial charge is 0.496 e. The first-order valence-electron chi connectivity index (χ1n) is 12.3. The molecule has 1 aliphatic heterocycles. The minimum absolute atomic E-state index is 0.231. The van der Waals surface area contributed by atoms with E-state index in [1.54, 1.807) is 13.2 Å². The monoisotopic (exact) mass is 477 g/mol. The number of hydrogen-bond donors (Lipinski definition) is 2. The first-order chi connectivity index (χ1) is 16.9. The number of nitriles is 1. The molecule has 1 aliphatic rings. The average molecular weight is 478 g/mol. The Morgan fingerprint density at radius 1 is 1.17 bits per heavy atom. The molecule has 0 aliphatic carbocycles. The van der Waals surface area contributed by atoms with Crippen LogP contribution in [0.5, 0.6) is 11.8 Å². The molecule has 1 aromatic carbocycles. The highest BCUT2D eigenvalue weighted by atomic mass is 16.5. The maximum atomic E-state index is 9.79. The third kappa shape index (κ3) is 5.66. The topological polar surface area (TPSA) is 114 Å². The van der Waals surface area contributed by atoms with Gasteiger partial charge in [-0.25, -0.2) is 0 Å². The van der Waals surface area contributed by atoms with Crippen molar-refractivity contribution in [2.24, 2.45) is 0 Å². The molecule has 1 fully saturated rings. The van der Waals surface area contributed by atoms with E-state index < -0.39 is 0 Å². The lowest BCUT2D eigenvalue weighted by atomic mass is 10.1. The number of nitrogens with zero attached hydrogens (tertiary/aromatic N) is 5. The molecule has 1 saturated heterocycles. The van der Waals surface area contributed by atoms with Gasteiger partial charge in [0.15, 0.2) is 5.65 Å². The molecular formula is C26H35N7O2. The van der Waals surface area contributed by atoms with Gasteiger partial charge in [0.1, 0.15) is 23.3 Å². The highest BCUT2D eigenvalue weighted by Crippen LogP contribution is 2.28. The summed E-state index contributed by atoms with van der Waals surface area (Å²) < 4.78 is 13.3. The van der Waals surface area contributed by atoms with Gasteiger partial charge in [0.25, 0.3) is 0 Å². The van der Waals surface area contributed by atoms with Crippen LogP contribution in [-0.4, -0.2) is 58.3 Å². The van der Waals surface area contributed by atoms with E-state index in [0.29, 0.717) is 47.8 Å². The summed E-state index contributed by atoms with van der Waals surface area (Å²) in [6.45, 7) is 10.4. The molecule has 2 atom stereocenters.